The summed E-state index contributed by atoms with van der Waals surface area (Å²) in [6.07, 6.45) is 1.86. The monoisotopic (exact) mass is 234 g/mol. The van der Waals surface area contributed by atoms with Crippen LogP contribution in [0.3, 0.4) is 0 Å². The maximum Gasteiger partial charge on any atom is 0.0546 e. The van der Waals surface area contributed by atoms with Crippen molar-refractivity contribution in [3.05, 3.63) is 29.3 Å². The van der Waals surface area contributed by atoms with Crippen molar-refractivity contribution in [3.63, 3.8) is 0 Å². The fourth-order valence-corrected chi connectivity index (χ4v) is 2.52. The first-order chi connectivity index (χ1) is 8.06. The second-order valence-corrected chi connectivity index (χ2v) is 5.32. The van der Waals surface area contributed by atoms with Crippen LogP contribution in [0.1, 0.15) is 24.0 Å². The van der Waals surface area contributed by atoms with E-state index >= 15 is 0 Å². The molecule has 0 aromatic heterocycles. The van der Waals surface area contributed by atoms with E-state index in [9.17, 15) is 5.11 Å². The van der Waals surface area contributed by atoms with Gasteiger partial charge in [-0.25, -0.2) is 0 Å². The Hall–Kier alpha value is -1.06. The van der Waals surface area contributed by atoms with Gasteiger partial charge in [-0.3, -0.25) is 0 Å². The molecule has 0 saturated heterocycles. The molecule has 1 aliphatic carbocycles. The van der Waals surface area contributed by atoms with E-state index in [4.69, 9.17) is 5.73 Å². The number of benzene rings is 1. The van der Waals surface area contributed by atoms with E-state index in [1.165, 1.54) is 11.1 Å². The van der Waals surface area contributed by atoms with E-state index in [1.54, 1.807) is 0 Å². The topological polar surface area (TPSA) is 49.5 Å². The highest BCUT2D eigenvalue weighted by molar-refractivity contribution is 5.49. The fourth-order valence-electron chi connectivity index (χ4n) is 2.52. The maximum atomic E-state index is 9.27. The molecule has 0 radical (unpaired) electrons. The minimum atomic E-state index is -0.0532. The SMILES string of the molecule is Cc1c(N)cccc1CN(C)CC1CC(O)C1. The van der Waals surface area contributed by atoms with Gasteiger partial charge in [0.15, 0.2) is 0 Å². The number of nitrogens with two attached hydrogens (primary N) is 1. The van der Waals surface area contributed by atoms with Crippen molar-refractivity contribution in [3.8, 4) is 0 Å². The lowest BCUT2D eigenvalue weighted by atomic mass is 9.82. The van der Waals surface area contributed by atoms with Crippen LogP contribution in [0.15, 0.2) is 18.2 Å². The summed E-state index contributed by atoms with van der Waals surface area (Å²) in [7, 11) is 2.13. The Kier molecular flexibility index (Phi) is 3.69. The molecule has 1 aromatic carbocycles. The van der Waals surface area contributed by atoms with E-state index < -0.39 is 0 Å². The van der Waals surface area contributed by atoms with Gasteiger partial charge in [-0.1, -0.05) is 12.1 Å². The van der Waals surface area contributed by atoms with Crippen molar-refractivity contribution in [1.82, 2.24) is 4.90 Å². The predicted octanol–water partition coefficient (Wildman–Crippen LogP) is 1.78. The van der Waals surface area contributed by atoms with Crippen LogP contribution in [0.4, 0.5) is 5.69 Å². The Bertz CT molecular complexity index is 386. The van der Waals surface area contributed by atoms with Crippen molar-refractivity contribution in [1.29, 1.82) is 0 Å². The van der Waals surface area contributed by atoms with Crippen molar-refractivity contribution in [2.45, 2.75) is 32.4 Å². The lowest BCUT2D eigenvalue weighted by Gasteiger charge is -2.34. The maximum absolute atomic E-state index is 9.27. The summed E-state index contributed by atoms with van der Waals surface area (Å²) >= 11 is 0. The second kappa shape index (κ2) is 5.07. The largest absolute Gasteiger partial charge is 0.399 e. The van der Waals surface area contributed by atoms with E-state index in [0.717, 1.165) is 31.6 Å². The number of nitrogen functional groups attached to an aromatic ring is 1. The summed E-state index contributed by atoms with van der Waals surface area (Å²) in [5.41, 5.74) is 9.26. The van der Waals surface area contributed by atoms with Crippen LogP contribution in [0.2, 0.25) is 0 Å². The molecule has 0 unspecified atom stereocenters. The molecule has 17 heavy (non-hydrogen) atoms. The average Bonchev–Trinajstić information content (AvgIpc) is 2.23. The van der Waals surface area contributed by atoms with E-state index in [-0.39, 0.29) is 6.10 Å². The molecular formula is C14H22N2O. The summed E-state index contributed by atoms with van der Waals surface area (Å²) in [4.78, 5) is 2.32. The third kappa shape index (κ3) is 2.99. The van der Waals surface area contributed by atoms with Crippen LogP contribution in [-0.2, 0) is 6.54 Å². The molecular weight excluding hydrogens is 212 g/mol. The Morgan fingerprint density at radius 1 is 1.41 bits per heavy atom. The molecule has 3 N–H and O–H groups in total. The van der Waals surface area contributed by atoms with Crippen LogP contribution in [-0.4, -0.2) is 29.7 Å². The summed E-state index contributed by atoms with van der Waals surface area (Å²) in [5, 5.41) is 9.27. The standard InChI is InChI=1S/C14H22N2O/c1-10-12(4-3-5-14(10)15)9-16(2)8-11-6-13(17)7-11/h3-5,11,13,17H,6-9,15H2,1-2H3. The highest BCUT2D eigenvalue weighted by Crippen LogP contribution is 2.28. The molecule has 0 atom stereocenters. The molecule has 94 valence electrons. The first-order valence-corrected chi connectivity index (χ1v) is 6.27. The van der Waals surface area contributed by atoms with Gasteiger partial charge < -0.3 is 15.7 Å². The van der Waals surface area contributed by atoms with E-state index in [2.05, 4.69) is 24.9 Å². The number of hydrogen-bond donors (Lipinski definition) is 2. The summed E-state index contributed by atoms with van der Waals surface area (Å²) in [6, 6.07) is 6.09. The van der Waals surface area contributed by atoms with Crippen molar-refractivity contribution in [2.24, 2.45) is 5.92 Å². The average molecular weight is 234 g/mol. The quantitative estimate of drug-likeness (QED) is 0.781. The number of nitrogens with zero attached hydrogens (tertiary/aromatic N) is 1. The van der Waals surface area contributed by atoms with Crippen LogP contribution in [0, 0.1) is 12.8 Å². The number of anilines is 1. The summed E-state index contributed by atoms with van der Waals surface area (Å²) < 4.78 is 0. The normalized spacial score (nSPS) is 23.8. The predicted molar refractivity (Wildman–Crippen MR) is 70.7 cm³/mol. The molecule has 3 heteroatoms. The molecule has 1 aromatic rings. The Balaban J connectivity index is 1.89. The highest BCUT2D eigenvalue weighted by atomic mass is 16.3. The molecule has 1 aliphatic rings. The number of hydrogen-bond acceptors (Lipinski definition) is 3. The van der Waals surface area contributed by atoms with Gasteiger partial charge in [0.25, 0.3) is 0 Å². The molecule has 0 amide bonds. The minimum Gasteiger partial charge on any atom is -0.399 e. The van der Waals surface area contributed by atoms with E-state index in [0.29, 0.717) is 5.92 Å². The van der Waals surface area contributed by atoms with Gasteiger partial charge in [0, 0.05) is 18.8 Å². The Morgan fingerprint density at radius 3 is 2.76 bits per heavy atom. The molecule has 1 fully saturated rings. The molecule has 2 rings (SSSR count). The van der Waals surface area contributed by atoms with Gasteiger partial charge in [-0.05, 0) is 49.9 Å². The smallest absolute Gasteiger partial charge is 0.0546 e. The van der Waals surface area contributed by atoms with Crippen molar-refractivity contribution < 1.29 is 5.11 Å². The van der Waals surface area contributed by atoms with Gasteiger partial charge in [-0.15, -0.1) is 0 Å². The third-order valence-corrected chi connectivity index (χ3v) is 3.71. The second-order valence-electron chi connectivity index (χ2n) is 5.32. The fraction of sp³-hybridized carbons (Fsp3) is 0.571. The lowest BCUT2D eigenvalue weighted by Crippen LogP contribution is -2.36. The zero-order valence-corrected chi connectivity index (χ0v) is 10.7. The van der Waals surface area contributed by atoms with Gasteiger partial charge in [-0.2, -0.15) is 0 Å². The lowest BCUT2D eigenvalue weighted by molar-refractivity contribution is 0.0273. The number of aliphatic hydroxyl groups is 1. The summed E-state index contributed by atoms with van der Waals surface area (Å²) in [6.45, 7) is 4.07. The van der Waals surface area contributed by atoms with Gasteiger partial charge in [0.2, 0.25) is 0 Å². The Morgan fingerprint density at radius 2 is 2.12 bits per heavy atom. The molecule has 0 spiro atoms. The third-order valence-electron chi connectivity index (χ3n) is 3.71. The number of aliphatic hydroxyl groups excluding tert-OH is 1. The summed E-state index contributed by atoms with van der Waals surface area (Å²) in [5.74, 6) is 0.663. The minimum absolute atomic E-state index is 0.0532. The molecule has 1 saturated carbocycles. The first-order valence-electron chi connectivity index (χ1n) is 6.27. The van der Waals surface area contributed by atoms with Gasteiger partial charge in [0.1, 0.15) is 0 Å². The zero-order chi connectivity index (χ0) is 12.4. The Labute approximate surface area is 103 Å². The van der Waals surface area contributed by atoms with Crippen LogP contribution in [0.25, 0.3) is 0 Å². The molecule has 3 nitrogen and oxygen atoms in total. The van der Waals surface area contributed by atoms with Crippen molar-refractivity contribution >= 4 is 5.69 Å². The molecule has 0 heterocycles. The van der Waals surface area contributed by atoms with Crippen LogP contribution >= 0.6 is 0 Å². The van der Waals surface area contributed by atoms with Crippen LogP contribution in [0.5, 0.6) is 0 Å². The zero-order valence-electron chi connectivity index (χ0n) is 10.7. The molecule has 0 bridgehead atoms. The molecule has 0 aliphatic heterocycles. The first kappa shape index (κ1) is 12.4. The van der Waals surface area contributed by atoms with Crippen molar-refractivity contribution in [2.75, 3.05) is 19.3 Å². The highest BCUT2D eigenvalue weighted by Gasteiger charge is 2.27. The van der Waals surface area contributed by atoms with E-state index in [1.807, 2.05) is 12.1 Å². The number of rotatable bonds is 4. The van der Waals surface area contributed by atoms with Crippen LogP contribution < -0.4 is 5.73 Å². The van der Waals surface area contributed by atoms with Gasteiger partial charge >= 0.3 is 0 Å². The van der Waals surface area contributed by atoms with Gasteiger partial charge in [0.05, 0.1) is 6.10 Å².